The van der Waals surface area contributed by atoms with Gasteiger partial charge < -0.3 is 9.88 Å². The summed E-state index contributed by atoms with van der Waals surface area (Å²) in [7, 11) is 2.06. The third kappa shape index (κ3) is 4.50. The van der Waals surface area contributed by atoms with E-state index in [-0.39, 0.29) is 16.4 Å². The lowest BCUT2D eigenvalue weighted by Gasteiger charge is -2.28. The number of likely N-dealkylation sites (tertiary alicyclic amines) is 1. The molecule has 0 aliphatic carbocycles. The Bertz CT molecular complexity index is 1360. The van der Waals surface area contributed by atoms with Crippen LogP contribution in [0.25, 0.3) is 21.6 Å². The second-order valence-corrected chi connectivity index (χ2v) is 9.63. The van der Waals surface area contributed by atoms with Crippen molar-refractivity contribution in [1.82, 2.24) is 40.1 Å². The predicted octanol–water partition coefficient (Wildman–Crippen LogP) is 3.47. The van der Waals surface area contributed by atoms with Crippen LogP contribution in [0.2, 0.25) is 0 Å². The molecule has 0 atom stereocenters. The maximum Gasteiger partial charge on any atom is 0.416 e. The van der Waals surface area contributed by atoms with Gasteiger partial charge in [0.1, 0.15) is 10.7 Å². The molecule has 0 bridgehead atoms. The Balaban J connectivity index is 1.58. The highest BCUT2D eigenvalue weighted by Gasteiger charge is 2.31. The zero-order chi connectivity index (χ0) is 23.2. The van der Waals surface area contributed by atoms with Crippen LogP contribution in [0.1, 0.15) is 24.4 Å². The summed E-state index contributed by atoms with van der Waals surface area (Å²) < 4.78 is 41.3. The lowest BCUT2D eigenvalue weighted by atomic mass is 10.1. The number of aromatic nitrogens is 7. The second kappa shape index (κ2) is 8.50. The molecule has 1 N–H and O–H groups in total. The largest absolute Gasteiger partial charge is 0.416 e. The first-order chi connectivity index (χ1) is 15.8. The third-order valence-corrected chi connectivity index (χ3v) is 7.16. The number of hydrogen-bond acceptors (Lipinski definition) is 9. The highest BCUT2D eigenvalue weighted by molar-refractivity contribution is 7.99. The normalized spacial score (nSPS) is 16.0. The number of hydrogen-bond donors (Lipinski definition) is 1. The SMILES string of the molecule is CN1CCC(n2nnnc2Sc2nc3ccc(C(F)(F)F)cc3nc2-c2c[nH]c(=O)s2)CC1. The number of piperidine rings is 1. The zero-order valence-electron chi connectivity index (χ0n) is 17.2. The number of nitrogens with one attached hydrogen (secondary N) is 1. The van der Waals surface area contributed by atoms with Crippen molar-refractivity contribution < 1.29 is 13.2 Å². The van der Waals surface area contributed by atoms with Crippen molar-refractivity contribution in [2.75, 3.05) is 20.1 Å². The topological polar surface area (TPSA) is 105 Å². The van der Waals surface area contributed by atoms with Crippen molar-refractivity contribution in [3.8, 4) is 10.6 Å². The predicted molar refractivity (Wildman–Crippen MR) is 116 cm³/mol. The number of tetrazole rings is 1. The number of nitrogens with zero attached hydrogens (tertiary/aromatic N) is 7. The molecule has 4 aromatic rings. The van der Waals surface area contributed by atoms with Crippen LogP contribution in [0.15, 0.2) is 39.4 Å². The van der Waals surface area contributed by atoms with Gasteiger partial charge in [-0.2, -0.15) is 13.2 Å². The number of alkyl halides is 3. The molecule has 0 radical (unpaired) electrons. The second-order valence-electron chi connectivity index (χ2n) is 7.66. The fourth-order valence-electron chi connectivity index (χ4n) is 3.65. The van der Waals surface area contributed by atoms with Crippen molar-refractivity contribution in [2.45, 2.75) is 35.2 Å². The Morgan fingerprint density at radius 2 is 1.97 bits per heavy atom. The van der Waals surface area contributed by atoms with Crippen LogP contribution in [0.3, 0.4) is 0 Å². The van der Waals surface area contributed by atoms with Crippen molar-refractivity contribution in [3.63, 3.8) is 0 Å². The fraction of sp³-hybridized carbons (Fsp3) is 0.368. The molecule has 0 saturated carbocycles. The maximum absolute atomic E-state index is 13.2. The Morgan fingerprint density at radius 1 is 1.18 bits per heavy atom. The first kappa shape index (κ1) is 22.0. The van der Waals surface area contributed by atoms with Gasteiger partial charge in [-0.05, 0) is 73.4 Å². The number of aromatic amines is 1. The summed E-state index contributed by atoms with van der Waals surface area (Å²) in [6.07, 6.45) is -1.24. The van der Waals surface area contributed by atoms with Gasteiger partial charge in [-0.15, -0.1) is 5.10 Å². The summed E-state index contributed by atoms with van der Waals surface area (Å²) in [5, 5.41) is 13.0. The summed E-state index contributed by atoms with van der Waals surface area (Å²) >= 11 is 2.08. The minimum Gasteiger partial charge on any atom is -0.319 e. The van der Waals surface area contributed by atoms with Crippen molar-refractivity contribution >= 4 is 34.1 Å². The number of H-pyrrole nitrogens is 1. The van der Waals surface area contributed by atoms with Gasteiger partial charge in [0.2, 0.25) is 5.16 Å². The molecule has 9 nitrogen and oxygen atoms in total. The van der Waals surface area contributed by atoms with Crippen LogP contribution in [-0.4, -0.2) is 60.2 Å². The van der Waals surface area contributed by atoms with Gasteiger partial charge >= 0.3 is 11.0 Å². The molecule has 1 aromatic carbocycles. The van der Waals surface area contributed by atoms with Crippen LogP contribution >= 0.6 is 23.1 Å². The minimum atomic E-state index is -4.50. The maximum atomic E-state index is 13.2. The molecule has 172 valence electrons. The molecule has 0 amide bonds. The van der Waals surface area contributed by atoms with E-state index in [9.17, 15) is 18.0 Å². The number of thiazole rings is 1. The number of halogens is 3. The van der Waals surface area contributed by atoms with Crippen LogP contribution in [0.4, 0.5) is 13.2 Å². The fourth-order valence-corrected chi connectivity index (χ4v) is 5.32. The van der Waals surface area contributed by atoms with Gasteiger partial charge in [-0.25, -0.2) is 14.6 Å². The van der Waals surface area contributed by atoms with E-state index >= 15 is 0 Å². The standard InChI is InChI=1S/C19H17F3N8OS2/c1-29-6-4-11(5-7-29)30-17(26-27-28-30)33-16-15(14-9-23-18(31)32-14)24-13-8-10(19(20,21)22)2-3-12(13)25-16/h2-3,8-9,11H,4-7H2,1H3,(H,23,31). The third-order valence-electron chi connectivity index (χ3n) is 5.40. The molecular formula is C19H17F3N8OS2. The van der Waals surface area contributed by atoms with Gasteiger partial charge in [-0.3, -0.25) is 4.79 Å². The average molecular weight is 495 g/mol. The first-order valence-corrected chi connectivity index (χ1v) is 11.6. The van der Waals surface area contributed by atoms with Crippen LogP contribution in [0.5, 0.6) is 0 Å². The highest BCUT2D eigenvalue weighted by atomic mass is 32.2. The van der Waals surface area contributed by atoms with Gasteiger partial charge in [0.15, 0.2) is 0 Å². The van der Waals surface area contributed by atoms with E-state index in [4.69, 9.17) is 0 Å². The lowest BCUT2D eigenvalue weighted by molar-refractivity contribution is -0.137. The summed E-state index contributed by atoms with van der Waals surface area (Å²) in [5.74, 6) is 0. The molecule has 0 spiro atoms. The van der Waals surface area contributed by atoms with E-state index in [1.165, 1.54) is 24.0 Å². The number of fused-ring (bicyclic) bond motifs is 1. The number of benzene rings is 1. The molecule has 33 heavy (non-hydrogen) atoms. The molecular weight excluding hydrogens is 477 g/mol. The van der Waals surface area contributed by atoms with Crippen LogP contribution in [-0.2, 0) is 6.18 Å². The molecule has 1 fully saturated rings. The van der Waals surface area contributed by atoms with Crippen LogP contribution in [0, 0.1) is 0 Å². The minimum absolute atomic E-state index is 0.0833. The summed E-state index contributed by atoms with van der Waals surface area (Å²) in [6.45, 7) is 1.85. The lowest BCUT2D eigenvalue weighted by Crippen LogP contribution is -2.32. The molecule has 0 unspecified atom stereocenters. The Hall–Kier alpha value is -2.84. The van der Waals surface area contributed by atoms with E-state index in [0.717, 1.165) is 49.4 Å². The Kier molecular flexibility index (Phi) is 5.66. The molecule has 5 rings (SSSR count). The van der Waals surface area contributed by atoms with E-state index in [1.54, 1.807) is 4.68 Å². The molecule has 1 saturated heterocycles. The first-order valence-electron chi connectivity index (χ1n) is 10.00. The van der Waals surface area contributed by atoms with Gasteiger partial charge in [0.25, 0.3) is 0 Å². The Labute approximate surface area is 193 Å². The van der Waals surface area contributed by atoms with Gasteiger partial charge in [-0.1, -0.05) is 11.3 Å². The van der Waals surface area contributed by atoms with E-state index in [2.05, 4.69) is 42.4 Å². The highest BCUT2D eigenvalue weighted by Crippen LogP contribution is 2.37. The van der Waals surface area contributed by atoms with Crippen LogP contribution < -0.4 is 4.87 Å². The van der Waals surface area contributed by atoms with Crippen molar-refractivity contribution in [3.05, 3.63) is 39.6 Å². The molecule has 3 aromatic heterocycles. The molecule has 4 heterocycles. The molecule has 14 heteroatoms. The van der Waals surface area contributed by atoms with Crippen molar-refractivity contribution in [2.24, 2.45) is 0 Å². The van der Waals surface area contributed by atoms with Crippen molar-refractivity contribution in [1.29, 1.82) is 0 Å². The van der Waals surface area contributed by atoms with E-state index < -0.39 is 11.7 Å². The number of rotatable bonds is 4. The average Bonchev–Trinajstić information content (AvgIpc) is 3.42. The van der Waals surface area contributed by atoms with Gasteiger partial charge in [0.05, 0.1) is 27.5 Å². The zero-order valence-corrected chi connectivity index (χ0v) is 18.8. The van der Waals surface area contributed by atoms with Gasteiger partial charge in [0, 0.05) is 6.20 Å². The summed E-state index contributed by atoms with van der Waals surface area (Å²) in [4.78, 5) is 25.7. The smallest absolute Gasteiger partial charge is 0.319 e. The Morgan fingerprint density at radius 3 is 2.67 bits per heavy atom. The molecule has 1 aliphatic rings. The summed E-state index contributed by atoms with van der Waals surface area (Å²) in [6, 6.07) is 3.35. The summed E-state index contributed by atoms with van der Waals surface area (Å²) in [5.41, 5.74) is -0.132. The van der Waals surface area contributed by atoms with E-state index in [0.29, 0.717) is 26.3 Å². The molecule has 1 aliphatic heterocycles. The van der Waals surface area contributed by atoms with E-state index in [1.807, 2.05) is 0 Å². The monoisotopic (exact) mass is 494 g/mol. The quantitative estimate of drug-likeness (QED) is 0.460.